The molecular weight excluding hydrogens is 462 g/mol. The van der Waals surface area contributed by atoms with Crippen molar-refractivity contribution in [2.24, 2.45) is 0 Å². The monoisotopic (exact) mass is 489 g/mol. The standard InChI is InChI=1S/C24H27N9O3/c25-24-28-22-20(23-27-21(29-33(23)24)19-5-2-13-36-19)26-16-32(22)11-8-30-6-9-31(10-7-30)17-3-1-4-18(15-17)35-14-12-34/h1-5,13,15-16,34H,6-12,14H2,(H2,25,28). The SMILES string of the molecule is Nc1nc2c(ncn2CCN2CCN(c3cccc(OCCO)c3)CC2)c2nc(-c3ccco3)nn12. The summed E-state index contributed by atoms with van der Waals surface area (Å²) in [5.74, 6) is 2.04. The number of aliphatic hydroxyl groups excluding tert-OH is 1. The van der Waals surface area contributed by atoms with Crippen molar-refractivity contribution in [3.8, 4) is 17.3 Å². The van der Waals surface area contributed by atoms with Gasteiger partial charge in [0.15, 0.2) is 22.6 Å². The second kappa shape index (κ2) is 9.47. The molecule has 5 heterocycles. The molecule has 6 rings (SSSR count). The molecule has 0 saturated carbocycles. The highest BCUT2D eigenvalue weighted by atomic mass is 16.5. The lowest BCUT2D eigenvalue weighted by atomic mass is 10.2. The highest BCUT2D eigenvalue weighted by molar-refractivity contribution is 5.87. The first-order valence-electron chi connectivity index (χ1n) is 11.9. The summed E-state index contributed by atoms with van der Waals surface area (Å²) in [6, 6.07) is 11.6. The molecule has 1 saturated heterocycles. The Morgan fingerprint density at radius 3 is 2.72 bits per heavy atom. The minimum absolute atomic E-state index is 0.00700. The quantitative estimate of drug-likeness (QED) is 0.330. The minimum atomic E-state index is 0.00700. The van der Waals surface area contributed by atoms with Crippen molar-refractivity contribution < 1.29 is 14.3 Å². The fourth-order valence-corrected chi connectivity index (χ4v) is 4.52. The van der Waals surface area contributed by atoms with Crippen LogP contribution < -0.4 is 15.4 Å². The van der Waals surface area contributed by atoms with Crippen LogP contribution in [-0.4, -0.2) is 85.1 Å². The third-order valence-electron chi connectivity index (χ3n) is 6.38. The molecule has 1 fully saturated rings. The van der Waals surface area contributed by atoms with E-state index in [1.54, 1.807) is 24.7 Å². The molecule has 0 unspecified atom stereocenters. The summed E-state index contributed by atoms with van der Waals surface area (Å²) in [7, 11) is 0. The highest BCUT2D eigenvalue weighted by Crippen LogP contribution is 2.24. The summed E-state index contributed by atoms with van der Waals surface area (Å²) in [5, 5.41) is 13.4. The molecule has 0 amide bonds. The molecule has 0 spiro atoms. The third-order valence-corrected chi connectivity index (χ3v) is 6.38. The number of piperazine rings is 1. The van der Waals surface area contributed by atoms with Crippen LogP contribution in [0, 0.1) is 0 Å². The Hall–Kier alpha value is -4.16. The number of nitrogens with two attached hydrogens (primary N) is 1. The normalized spacial score (nSPS) is 14.8. The van der Waals surface area contributed by atoms with Crippen molar-refractivity contribution in [3.63, 3.8) is 0 Å². The predicted molar refractivity (Wildman–Crippen MR) is 134 cm³/mol. The number of nitrogen functional groups attached to an aromatic ring is 1. The molecule has 4 aromatic heterocycles. The number of fused-ring (bicyclic) bond motifs is 3. The Balaban J connectivity index is 1.12. The largest absolute Gasteiger partial charge is 0.491 e. The van der Waals surface area contributed by atoms with Crippen LogP contribution in [0.2, 0.25) is 0 Å². The van der Waals surface area contributed by atoms with E-state index < -0.39 is 0 Å². The number of hydrogen-bond donors (Lipinski definition) is 2. The van der Waals surface area contributed by atoms with Gasteiger partial charge in [0.05, 0.1) is 19.2 Å². The summed E-state index contributed by atoms with van der Waals surface area (Å²) in [6.07, 6.45) is 3.37. The molecule has 1 aromatic carbocycles. The Morgan fingerprint density at radius 2 is 1.92 bits per heavy atom. The number of aromatic nitrogens is 6. The van der Waals surface area contributed by atoms with E-state index in [0.29, 0.717) is 35.0 Å². The van der Waals surface area contributed by atoms with Crippen molar-refractivity contribution in [3.05, 3.63) is 49.0 Å². The number of ether oxygens (including phenoxy) is 1. The van der Waals surface area contributed by atoms with Crippen LogP contribution in [0.1, 0.15) is 0 Å². The summed E-state index contributed by atoms with van der Waals surface area (Å²) in [6.45, 7) is 5.67. The van der Waals surface area contributed by atoms with Gasteiger partial charge in [-0.25, -0.2) is 9.97 Å². The molecule has 0 radical (unpaired) electrons. The van der Waals surface area contributed by atoms with Crippen molar-refractivity contribution in [1.29, 1.82) is 0 Å². The first-order chi connectivity index (χ1) is 17.7. The summed E-state index contributed by atoms with van der Waals surface area (Å²) < 4.78 is 14.5. The second-order valence-corrected chi connectivity index (χ2v) is 8.63. The number of nitrogens with zero attached hydrogens (tertiary/aromatic N) is 8. The lowest BCUT2D eigenvalue weighted by molar-refractivity contribution is 0.201. The van der Waals surface area contributed by atoms with Gasteiger partial charge in [-0.2, -0.15) is 9.50 Å². The van der Waals surface area contributed by atoms with E-state index in [1.807, 2.05) is 22.8 Å². The maximum absolute atomic E-state index is 8.98. The van der Waals surface area contributed by atoms with E-state index in [2.05, 4.69) is 35.9 Å². The van der Waals surface area contributed by atoms with Crippen LogP contribution in [0.15, 0.2) is 53.4 Å². The molecule has 1 aliphatic rings. The van der Waals surface area contributed by atoms with Gasteiger partial charge in [0, 0.05) is 51.0 Å². The zero-order chi connectivity index (χ0) is 24.5. The number of imidazole rings is 1. The van der Waals surface area contributed by atoms with E-state index in [1.165, 1.54) is 4.52 Å². The molecule has 0 bridgehead atoms. The van der Waals surface area contributed by atoms with Gasteiger partial charge in [0.2, 0.25) is 11.8 Å². The number of furan rings is 1. The van der Waals surface area contributed by atoms with Crippen LogP contribution in [0.5, 0.6) is 5.75 Å². The first-order valence-corrected chi connectivity index (χ1v) is 11.9. The zero-order valence-corrected chi connectivity index (χ0v) is 19.7. The van der Waals surface area contributed by atoms with Gasteiger partial charge < -0.3 is 29.5 Å². The maximum Gasteiger partial charge on any atom is 0.225 e. The highest BCUT2D eigenvalue weighted by Gasteiger charge is 2.20. The van der Waals surface area contributed by atoms with Gasteiger partial charge in [-0.15, -0.1) is 5.10 Å². The Bertz CT molecular complexity index is 1470. The Labute approximate surface area is 206 Å². The van der Waals surface area contributed by atoms with Crippen molar-refractivity contribution >= 4 is 28.4 Å². The third kappa shape index (κ3) is 4.20. The van der Waals surface area contributed by atoms with E-state index >= 15 is 0 Å². The van der Waals surface area contributed by atoms with Gasteiger partial charge in [-0.3, -0.25) is 4.90 Å². The topological polar surface area (TPSA) is 136 Å². The average Bonchev–Trinajstić information content (AvgIpc) is 3.67. The number of aliphatic hydroxyl groups is 1. The first kappa shape index (κ1) is 22.3. The molecule has 36 heavy (non-hydrogen) atoms. The lowest BCUT2D eigenvalue weighted by Crippen LogP contribution is -2.47. The fraction of sp³-hybridized carbons (Fsp3) is 0.333. The van der Waals surface area contributed by atoms with Crippen molar-refractivity contribution in [1.82, 2.24) is 34.0 Å². The molecule has 5 aromatic rings. The Morgan fingerprint density at radius 1 is 1.03 bits per heavy atom. The maximum atomic E-state index is 8.98. The van der Waals surface area contributed by atoms with Gasteiger partial charge >= 0.3 is 0 Å². The summed E-state index contributed by atoms with van der Waals surface area (Å²) >= 11 is 0. The van der Waals surface area contributed by atoms with E-state index in [9.17, 15) is 0 Å². The molecule has 12 nitrogen and oxygen atoms in total. The van der Waals surface area contributed by atoms with Gasteiger partial charge in [0.1, 0.15) is 12.4 Å². The van der Waals surface area contributed by atoms with Crippen molar-refractivity contribution in [2.75, 3.05) is 56.6 Å². The molecule has 12 heteroatoms. The van der Waals surface area contributed by atoms with E-state index in [4.69, 9.17) is 20.0 Å². The van der Waals surface area contributed by atoms with Crippen LogP contribution in [0.3, 0.4) is 0 Å². The van der Waals surface area contributed by atoms with E-state index in [0.717, 1.165) is 50.7 Å². The van der Waals surface area contributed by atoms with Gasteiger partial charge in [-0.05, 0) is 24.3 Å². The van der Waals surface area contributed by atoms with Gasteiger partial charge in [-0.1, -0.05) is 6.07 Å². The fourth-order valence-electron chi connectivity index (χ4n) is 4.52. The van der Waals surface area contributed by atoms with Crippen molar-refractivity contribution in [2.45, 2.75) is 6.54 Å². The van der Waals surface area contributed by atoms with Gasteiger partial charge in [0.25, 0.3) is 0 Å². The average molecular weight is 490 g/mol. The second-order valence-electron chi connectivity index (χ2n) is 8.63. The van der Waals surface area contributed by atoms with Crippen LogP contribution in [-0.2, 0) is 6.54 Å². The number of anilines is 2. The number of rotatable bonds is 8. The molecule has 186 valence electrons. The number of benzene rings is 1. The van der Waals surface area contributed by atoms with Crippen LogP contribution in [0.4, 0.5) is 11.6 Å². The van der Waals surface area contributed by atoms with Crippen LogP contribution in [0.25, 0.3) is 28.4 Å². The summed E-state index contributed by atoms with van der Waals surface area (Å²) in [5.41, 5.74) is 9.24. The zero-order valence-electron chi connectivity index (χ0n) is 19.7. The van der Waals surface area contributed by atoms with E-state index in [-0.39, 0.29) is 12.6 Å². The molecule has 0 atom stereocenters. The number of hydrogen-bond acceptors (Lipinski definition) is 10. The summed E-state index contributed by atoms with van der Waals surface area (Å²) in [4.78, 5) is 18.5. The smallest absolute Gasteiger partial charge is 0.225 e. The van der Waals surface area contributed by atoms with Crippen LogP contribution >= 0.6 is 0 Å². The lowest BCUT2D eigenvalue weighted by Gasteiger charge is -2.36. The Kier molecular flexibility index (Phi) is 5.87. The molecule has 1 aliphatic heterocycles. The molecule has 0 aliphatic carbocycles. The predicted octanol–water partition coefficient (Wildman–Crippen LogP) is 1.51. The molecular formula is C24H27N9O3. The molecule has 3 N–H and O–H groups in total. The minimum Gasteiger partial charge on any atom is -0.491 e.